The standard InChI is InChI=1S/C17H23NO5S/c1-22-14-6-4-5-11(16(14)23-2)12-9-18(10-13(12)17(20)21)15(19)7-8-24-3/h4-6,12-13H,7-10H2,1-3H3,(H,20,21)/t12-,13+/m1/s1. The van der Waals surface area contributed by atoms with Crippen molar-refractivity contribution in [2.75, 3.05) is 39.3 Å². The van der Waals surface area contributed by atoms with E-state index >= 15 is 0 Å². The molecule has 1 N–H and O–H groups in total. The Kier molecular flexibility index (Phi) is 6.36. The summed E-state index contributed by atoms with van der Waals surface area (Å²) >= 11 is 1.60. The van der Waals surface area contributed by atoms with Crippen LogP contribution in [0.5, 0.6) is 11.5 Å². The molecule has 1 saturated heterocycles. The molecule has 2 rings (SSSR count). The van der Waals surface area contributed by atoms with Gasteiger partial charge in [0.1, 0.15) is 0 Å². The molecule has 24 heavy (non-hydrogen) atoms. The molecule has 1 aliphatic heterocycles. The summed E-state index contributed by atoms with van der Waals surface area (Å²) in [5, 5.41) is 9.60. The van der Waals surface area contributed by atoms with Crippen molar-refractivity contribution in [2.24, 2.45) is 5.92 Å². The zero-order chi connectivity index (χ0) is 17.7. The minimum atomic E-state index is -0.898. The Balaban J connectivity index is 2.31. The van der Waals surface area contributed by atoms with Crippen LogP contribution >= 0.6 is 11.8 Å². The number of aliphatic carboxylic acids is 1. The van der Waals surface area contributed by atoms with Gasteiger partial charge in [-0.25, -0.2) is 0 Å². The number of amides is 1. The molecular weight excluding hydrogens is 330 g/mol. The number of rotatable bonds is 7. The van der Waals surface area contributed by atoms with E-state index in [0.717, 1.165) is 11.3 Å². The molecule has 7 heteroatoms. The topological polar surface area (TPSA) is 76.1 Å². The first-order chi connectivity index (χ1) is 11.5. The highest BCUT2D eigenvalue weighted by Crippen LogP contribution is 2.42. The molecule has 1 heterocycles. The molecule has 6 nitrogen and oxygen atoms in total. The van der Waals surface area contributed by atoms with Gasteiger partial charge in [0.15, 0.2) is 11.5 Å². The third-order valence-electron chi connectivity index (χ3n) is 4.34. The Morgan fingerprint density at radius 3 is 2.62 bits per heavy atom. The summed E-state index contributed by atoms with van der Waals surface area (Å²) in [7, 11) is 3.08. The van der Waals surface area contributed by atoms with Gasteiger partial charge in [-0.1, -0.05) is 12.1 Å². The van der Waals surface area contributed by atoms with E-state index in [1.54, 1.807) is 29.8 Å². The third-order valence-corrected chi connectivity index (χ3v) is 4.96. The van der Waals surface area contributed by atoms with E-state index in [9.17, 15) is 14.7 Å². The van der Waals surface area contributed by atoms with Crippen LogP contribution in [0.4, 0.5) is 0 Å². The predicted molar refractivity (Wildman–Crippen MR) is 93.0 cm³/mol. The number of para-hydroxylation sites is 1. The van der Waals surface area contributed by atoms with E-state index < -0.39 is 11.9 Å². The molecule has 1 aromatic carbocycles. The second kappa shape index (κ2) is 8.28. The van der Waals surface area contributed by atoms with Gasteiger partial charge in [0.25, 0.3) is 0 Å². The molecule has 0 aromatic heterocycles. The molecule has 132 valence electrons. The van der Waals surface area contributed by atoms with E-state index in [0.29, 0.717) is 24.5 Å². The van der Waals surface area contributed by atoms with Gasteiger partial charge >= 0.3 is 5.97 Å². The fourth-order valence-electron chi connectivity index (χ4n) is 3.12. The molecule has 0 bridgehead atoms. The maximum absolute atomic E-state index is 12.3. The highest BCUT2D eigenvalue weighted by atomic mass is 32.2. The fourth-order valence-corrected chi connectivity index (χ4v) is 3.50. The second-order valence-corrected chi connectivity index (χ2v) is 6.66. The van der Waals surface area contributed by atoms with Gasteiger partial charge in [-0.05, 0) is 12.3 Å². The van der Waals surface area contributed by atoms with Crippen LogP contribution in [0.25, 0.3) is 0 Å². The summed E-state index contributed by atoms with van der Waals surface area (Å²) < 4.78 is 10.7. The number of carboxylic acid groups (broad SMARTS) is 1. The van der Waals surface area contributed by atoms with Crippen molar-refractivity contribution < 1.29 is 24.2 Å². The van der Waals surface area contributed by atoms with Crippen molar-refractivity contribution >= 4 is 23.6 Å². The van der Waals surface area contributed by atoms with Crippen molar-refractivity contribution in [1.82, 2.24) is 4.90 Å². The Bertz CT molecular complexity index is 607. The van der Waals surface area contributed by atoms with Crippen molar-refractivity contribution in [3.05, 3.63) is 23.8 Å². The number of methoxy groups -OCH3 is 2. The normalized spacial score (nSPS) is 20.0. The van der Waals surface area contributed by atoms with E-state index in [2.05, 4.69) is 0 Å². The number of ether oxygens (including phenoxy) is 2. The maximum Gasteiger partial charge on any atom is 0.308 e. The maximum atomic E-state index is 12.3. The SMILES string of the molecule is COc1cccc([C@H]2CN(C(=O)CCSC)C[C@@H]2C(=O)O)c1OC. The van der Waals surface area contributed by atoms with Gasteiger partial charge < -0.3 is 19.5 Å². The number of hydrogen-bond donors (Lipinski definition) is 1. The predicted octanol–water partition coefficient (Wildman–Crippen LogP) is 2.08. The number of benzene rings is 1. The Labute approximate surface area is 146 Å². The molecule has 1 aliphatic rings. The number of hydrogen-bond acceptors (Lipinski definition) is 5. The fraction of sp³-hybridized carbons (Fsp3) is 0.529. The summed E-state index contributed by atoms with van der Waals surface area (Å²) in [5.74, 6) is -0.0267. The van der Waals surface area contributed by atoms with Crippen LogP contribution in [0.1, 0.15) is 17.9 Å². The van der Waals surface area contributed by atoms with Crippen LogP contribution in [0, 0.1) is 5.92 Å². The second-order valence-electron chi connectivity index (χ2n) is 5.68. The first-order valence-electron chi connectivity index (χ1n) is 7.73. The molecule has 2 atom stereocenters. The van der Waals surface area contributed by atoms with Crippen LogP contribution in [0.2, 0.25) is 0 Å². The number of nitrogens with zero attached hydrogens (tertiary/aromatic N) is 1. The minimum Gasteiger partial charge on any atom is -0.493 e. The van der Waals surface area contributed by atoms with Crippen molar-refractivity contribution in [1.29, 1.82) is 0 Å². The van der Waals surface area contributed by atoms with E-state index in [4.69, 9.17) is 9.47 Å². The monoisotopic (exact) mass is 353 g/mol. The van der Waals surface area contributed by atoms with E-state index in [-0.39, 0.29) is 18.4 Å². The van der Waals surface area contributed by atoms with Gasteiger partial charge in [-0.2, -0.15) is 11.8 Å². The van der Waals surface area contributed by atoms with Crippen LogP contribution in [0.15, 0.2) is 18.2 Å². The lowest BCUT2D eigenvalue weighted by Gasteiger charge is -2.20. The lowest BCUT2D eigenvalue weighted by molar-refractivity contribution is -0.141. The quantitative estimate of drug-likeness (QED) is 0.809. The number of carbonyl (C=O) groups is 2. The van der Waals surface area contributed by atoms with Gasteiger partial charge in [0, 0.05) is 36.7 Å². The average molecular weight is 353 g/mol. The molecule has 0 radical (unpaired) electrons. The molecule has 1 aromatic rings. The lowest BCUT2D eigenvalue weighted by atomic mass is 9.88. The van der Waals surface area contributed by atoms with Crippen molar-refractivity contribution in [3.8, 4) is 11.5 Å². The van der Waals surface area contributed by atoms with Crippen LogP contribution < -0.4 is 9.47 Å². The summed E-state index contributed by atoms with van der Waals surface area (Å²) in [5.41, 5.74) is 0.768. The molecule has 0 spiro atoms. The molecule has 1 amide bonds. The molecule has 1 fully saturated rings. The van der Waals surface area contributed by atoms with Crippen molar-refractivity contribution in [2.45, 2.75) is 12.3 Å². The number of likely N-dealkylation sites (tertiary alicyclic amines) is 1. The third kappa shape index (κ3) is 3.77. The van der Waals surface area contributed by atoms with E-state index in [1.165, 1.54) is 7.11 Å². The summed E-state index contributed by atoms with van der Waals surface area (Å²) in [6.45, 7) is 0.612. The first kappa shape index (κ1) is 18.4. The summed E-state index contributed by atoms with van der Waals surface area (Å²) in [6, 6.07) is 5.43. The Morgan fingerprint density at radius 1 is 1.29 bits per heavy atom. The van der Waals surface area contributed by atoms with Crippen LogP contribution in [0.3, 0.4) is 0 Å². The van der Waals surface area contributed by atoms with Crippen LogP contribution in [-0.2, 0) is 9.59 Å². The molecule has 0 saturated carbocycles. The van der Waals surface area contributed by atoms with Gasteiger partial charge in [0.05, 0.1) is 20.1 Å². The van der Waals surface area contributed by atoms with Crippen LogP contribution in [-0.4, -0.2) is 61.2 Å². The van der Waals surface area contributed by atoms with E-state index in [1.807, 2.05) is 18.4 Å². The summed E-state index contributed by atoms with van der Waals surface area (Å²) in [6.07, 6.45) is 2.37. The Morgan fingerprint density at radius 2 is 2.04 bits per heavy atom. The van der Waals surface area contributed by atoms with Crippen molar-refractivity contribution in [3.63, 3.8) is 0 Å². The van der Waals surface area contributed by atoms with Gasteiger partial charge in [-0.3, -0.25) is 9.59 Å². The highest BCUT2D eigenvalue weighted by Gasteiger charge is 2.41. The average Bonchev–Trinajstić information content (AvgIpc) is 3.04. The van der Waals surface area contributed by atoms with Gasteiger partial charge in [0.2, 0.25) is 5.91 Å². The molecular formula is C17H23NO5S. The number of carboxylic acids is 1. The number of carbonyl (C=O) groups excluding carboxylic acids is 1. The van der Waals surface area contributed by atoms with Gasteiger partial charge in [-0.15, -0.1) is 0 Å². The molecule has 0 unspecified atom stereocenters. The zero-order valence-corrected chi connectivity index (χ0v) is 15.0. The lowest BCUT2D eigenvalue weighted by Crippen LogP contribution is -2.30. The highest BCUT2D eigenvalue weighted by molar-refractivity contribution is 7.98. The zero-order valence-electron chi connectivity index (χ0n) is 14.2. The number of thioether (sulfide) groups is 1. The summed E-state index contributed by atoms with van der Waals surface area (Å²) in [4.78, 5) is 25.6. The minimum absolute atomic E-state index is 0.0000343. The smallest absolute Gasteiger partial charge is 0.308 e. The largest absolute Gasteiger partial charge is 0.493 e. The first-order valence-corrected chi connectivity index (χ1v) is 9.13. The Hall–Kier alpha value is -1.89. The molecule has 0 aliphatic carbocycles.